The van der Waals surface area contributed by atoms with E-state index in [0.29, 0.717) is 16.0 Å². The number of hydrogen-bond acceptors (Lipinski definition) is 4. The molecule has 5 heteroatoms. The van der Waals surface area contributed by atoms with Crippen molar-refractivity contribution < 1.29 is 4.74 Å². The van der Waals surface area contributed by atoms with Crippen LogP contribution >= 0.6 is 15.9 Å². The van der Waals surface area contributed by atoms with Gasteiger partial charge in [0.05, 0.1) is 11.6 Å². The van der Waals surface area contributed by atoms with Crippen molar-refractivity contribution in [2.24, 2.45) is 0 Å². The van der Waals surface area contributed by atoms with E-state index in [2.05, 4.69) is 32.0 Å². The van der Waals surface area contributed by atoms with Gasteiger partial charge in [-0.1, -0.05) is 0 Å². The molecule has 2 aromatic rings. The molecule has 0 aliphatic carbocycles. The molecule has 0 atom stereocenters. The van der Waals surface area contributed by atoms with Crippen LogP contribution in [0.3, 0.4) is 0 Å². The molecule has 18 heavy (non-hydrogen) atoms. The lowest BCUT2D eigenvalue weighted by Gasteiger charge is -2.11. The fraction of sp³-hybridized carbons (Fsp3) is 0.154. The summed E-state index contributed by atoms with van der Waals surface area (Å²) in [4.78, 5) is 7.97. The number of aromatic nitrogens is 2. The molecule has 0 aliphatic rings. The van der Waals surface area contributed by atoms with Crippen LogP contribution in [-0.2, 0) is 0 Å². The Labute approximate surface area is 113 Å². The summed E-state index contributed by atoms with van der Waals surface area (Å²) in [5.41, 5.74) is 2.43. The van der Waals surface area contributed by atoms with Crippen molar-refractivity contribution in [2.45, 2.75) is 13.8 Å². The number of halogens is 1. The monoisotopic (exact) mass is 303 g/mol. The molecule has 0 spiro atoms. The highest BCUT2D eigenvalue weighted by Crippen LogP contribution is 2.29. The SMILES string of the molecule is Cc1cc(C#N)cc(C)c1Oc1cc(Br)ncn1. The minimum atomic E-state index is 0.466. The molecule has 0 aliphatic heterocycles. The zero-order valence-electron chi connectivity index (χ0n) is 9.94. The van der Waals surface area contributed by atoms with Gasteiger partial charge in [0.1, 0.15) is 16.7 Å². The van der Waals surface area contributed by atoms with Gasteiger partial charge in [0.15, 0.2) is 0 Å². The van der Waals surface area contributed by atoms with E-state index in [9.17, 15) is 0 Å². The summed E-state index contributed by atoms with van der Waals surface area (Å²) in [5, 5.41) is 8.89. The molecule has 0 bridgehead atoms. The normalized spacial score (nSPS) is 9.89. The number of nitriles is 1. The van der Waals surface area contributed by atoms with E-state index in [1.807, 2.05) is 13.8 Å². The lowest BCUT2D eigenvalue weighted by atomic mass is 10.1. The number of hydrogen-bond donors (Lipinski definition) is 0. The maximum absolute atomic E-state index is 8.89. The van der Waals surface area contributed by atoms with Crippen LogP contribution in [-0.4, -0.2) is 9.97 Å². The van der Waals surface area contributed by atoms with Crippen molar-refractivity contribution in [3.05, 3.63) is 45.8 Å². The van der Waals surface area contributed by atoms with Crippen molar-refractivity contribution in [3.63, 3.8) is 0 Å². The molecule has 0 saturated heterocycles. The van der Waals surface area contributed by atoms with E-state index in [1.165, 1.54) is 6.33 Å². The number of nitrogens with zero attached hydrogens (tertiary/aromatic N) is 3. The largest absolute Gasteiger partial charge is 0.438 e. The van der Waals surface area contributed by atoms with Gasteiger partial charge >= 0.3 is 0 Å². The molecule has 0 amide bonds. The summed E-state index contributed by atoms with van der Waals surface area (Å²) in [6.45, 7) is 3.80. The first-order chi connectivity index (χ1) is 8.60. The van der Waals surface area contributed by atoms with E-state index in [0.717, 1.165) is 16.9 Å². The molecule has 0 saturated carbocycles. The Morgan fingerprint density at radius 3 is 2.39 bits per heavy atom. The summed E-state index contributed by atoms with van der Waals surface area (Å²) in [6, 6.07) is 7.39. The van der Waals surface area contributed by atoms with E-state index < -0.39 is 0 Å². The van der Waals surface area contributed by atoms with Gasteiger partial charge < -0.3 is 4.74 Å². The molecule has 0 fully saturated rings. The van der Waals surface area contributed by atoms with Crippen LogP contribution in [0.5, 0.6) is 11.6 Å². The van der Waals surface area contributed by atoms with E-state index in [4.69, 9.17) is 10.00 Å². The summed E-state index contributed by atoms with van der Waals surface area (Å²) in [7, 11) is 0. The molecule has 90 valence electrons. The summed E-state index contributed by atoms with van der Waals surface area (Å²) in [5.74, 6) is 1.19. The molecular formula is C13H10BrN3O. The van der Waals surface area contributed by atoms with Crippen LogP contribution < -0.4 is 4.74 Å². The second-order valence-electron chi connectivity index (χ2n) is 3.83. The van der Waals surface area contributed by atoms with Crippen molar-refractivity contribution >= 4 is 15.9 Å². The van der Waals surface area contributed by atoms with Gasteiger partial charge in [-0.3, -0.25) is 0 Å². The number of benzene rings is 1. The zero-order valence-corrected chi connectivity index (χ0v) is 11.5. The highest BCUT2D eigenvalue weighted by atomic mass is 79.9. The van der Waals surface area contributed by atoms with Crippen LogP contribution in [0.2, 0.25) is 0 Å². The zero-order chi connectivity index (χ0) is 13.1. The second kappa shape index (κ2) is 5.15. The first kappa shape index (κ1) is 12.5. The fourth-order valence-corrected chi connectivity index (χ4v) is 1.94. The number of ether oxygens (including phenoxy) is 1. The Kier molecular flexibility index (Phi) is 3.58. The Hall–Kier alpha value is -1.93. The maximum Gasteiger partial charge on any atom is 0.223 e. The predicted molar refractivity (Wildman–Crippen MR) is 70.4 cm³/mol. The third-order valence-corrected chi connectivity index (χ3v) is 2.84. The Bertz CT molecular complexity index is 611. The van der Waals surface area contributed by atoms with Crippen LogP contribution in [0.15, 0.2) is 29.1 Å². The van der Waals surface area contributed by atoms with Gasteiger partial charge in [-0.2, -0.15) is 5.26 Å². The molecule has 1 aromatic carbocycles. The highest BCUT2D eigenvalue weighted by Gasteiger charge is 2.08. The van der Waals surface area contributed by atoms with Crippen molar-refractivity contribution in [1.82, 2.24) is 9.97 Å². The highest BCUT2D eigenvalue weighted by molar-refractivity contribution is 9.10. The number of aryl methyl sites for hydroxylation is 2. The second-order valence-corrected chi connectivity index (χ2v) is 4.64. The van der Waals surface area contributed by atoms with Crippen LogP contribution in [0.25, 0.3) is 0 Å². The lowest BCUT2D eigenvalue weighted by Crippen LogP contribution is -1.95. The van der Waals surface area contributed by atoms with E-state index in [-0.39, 0.29) is 0 Å². The third kappa shape index (κ3) is 2.66. The van der Waals surface area contributed by atoms with Crippen molar-refractivity contribution in [1.29, 1.82) is 5.26 Å². The van der Waals surface area contributed by atoms with Crippen molar-refractivity contribution in [3.8, 4) is 17.7 Å². The van der Waals surface area contributed by atoms with Crippen LogP contribution in [0.1, 0.15) is 16.7 Å². The smallest absolute Gasteiger partial charge is 0.223 e. The first-order valence-corrected chi connectivity index (χ1v) is 6.06. The van der Waals surface area contributed by atoms with Crippen LogP contribution in [0, 0.1) is 25.2 Å². The number of rotatable bonds is 2. The van der Waals surface area contributed by atoms with Gasteiger partial charge in [-0.15, -0.1) is 0 Å². The molecule has 4 nitrogen and oxygen atoms in total. The first-order valence-electron chi connectivity index (χ1n) is 5.27. The minimum Gasteiger partial charge on any atom is -0.438 e. The average Bonchev–Trinajstić information content (AvgIpc) is 2.33. The molecule has 0 N–H and O–H groups in total. The van der Waals surface area contributed by atoms with Gasteiger partial charge in [0.2, 0.25) is 5.88 Å². The quantitative estimate of drug-likeness (QED) is 0.796. The maximum atomic E-state index is 8.89. The van der Waals surface area contributed by atoms with Crippen LogP contribution in [0.4, 0.5) is 0 Å². The van der Waals surface area contributed by atoms with E-state index in [1.54, 1.807) is 18.2 Å². The van der Waals surface area contributed by atoms with Crippen molar-refractivity contribution in [2.75, 3.05) is 0 Å². The molecule has 1 aromatic heterocycles. The Morgan fingerprint density at radius 1 is 1.17 bits per heavy atom. The predicted octanol–water partition coefficient (Wildman–Crippen LogP) is 3.52. The lowest BCUT2D eigenvalue weighted by molar-refractivity contribution is 0.454. The van der Waals surface area contributed by atoms with Gasteiger partial charge in [0.25, 0.3) is 0 Å². The third-order valence-electron chi connectivity index (χ3n) is 2.40. The molecule has 0 radical (unpaired) electrons. The topological polar surface area (TPSA) is 58.8 Å². The van der Waals surface area contributed by atoms with Gasteiger partial charge in [-0.05, 0) is 53.0 Å². The Balaban J connectivity index is 2.38. The summed E-state index contributed by atoms with van der Waals surface area (Å²) >= 11 is 3.26. The standard InChI is InChI=1S/C13H10BrN3O/c1-8-3-10(6-15)4-9(2)13(8)18-12-5-11(14)16-7-17-12/h3-5,7H,1-2H3. The summed E-state index contributed by atoms with van der Waals surface area (Å²) < 4.78 is 6.39. The van der Waals surface area contributed by atoms with E-state index >= 15 is 0 Å². The minimum absolute atomic E-state index is 0.466. The average molecular weight is 304 g/mol. The fourth-order valence-electron chi connectivity index (χ4n) is 1.65. The van der Waals surface area contributed by atoms with Gasteiger partial charge in [-0.25, -0.2) is 9.97 Å². The summed E-state index contributed by atoms with van der Waals surface area (Å²) in [6.07, 6.45) is 1.42. The molecule has 0 unspecified atom stereocenters. The molecule has 2 rings (SSSR count). The Morgan fingerprint density at radius 2 is 1.83 bits per heavy atom. The molecule has 1 heterocycles. The molecular weight excluding hydrogens is 294 g/mol. The van der Waals surface area contributed by atoms with Gasteiger partial charge in [0, 0.05) is 6.07 Å².